The number of hydrogen-bond donors (Lipinski definition) is 1. The standard InChI is InChI=1S/C14H17N3O2S3/c1-4-20-13-16-17-14(22-13)21-9(2)12(18)15-10-5-7-11(19-3)8-6-10/h5-9H,4H2,1-3H3,(H,15,18)/t9-/m1/s1. The lowest BCUT2D eigenvalue weighted by Gasteiger charge is -2.10. The molecule has 0 unspecified atom stereocenters. The first-order chi connectivity index (χ1) is 10.6. The molecule has 0 aliphatic heterocycles. The fourth-order valence-electron chi connectivity index (χ4n) is 1.55. The quantitative estimate of drug-likeness (QED) is 0.763. The Bertz CT molecular complexity index is 616. The Balaban J connectivity index is 1.90. The molecule has 0 radical (unpaired) electrons. The molecular formula is C14H17N3O2S3. The van der Waals surface area contributed by atoms with Crippen LogP contribution in [0.2, 0.25) is 0 Å². The van der Waals surface area contributed by atoms with Crippen molar-refractivity contribution in [1.29, 1.82) is 0 Å². The molecule has 2 aromatic rings. The van der Waals surface area contributed by atoms with Gasteiger partial charge in [-0.15, -0.1) is 10.2 Å². The van der Waals surface area contributed by atoms with E-state index in [2.05, 4.69) is 22.4 Å². The van der Waals surface area contributed by atoms with Gasteiger partial charge in [0.2, 0.25) is 5.91 Å². The van der Waals surface area contributed by atoms with Crippen LogP contribution in [0.25, 0.3) is 0 Å². The van der Waals surface area contributed by atoms with Gasteiger partial charge in [-0.3, -0.25) is 4.79 Å². The van der Waals surface area contributed by atoms with Crippen molar-refractivity contribution in [2.45, 2.75) is 27.8 Å². The van der Waals surface area contributed by atoms with Gasteiger partial charge in [-0.2, -0.15) is 0 Å². The number of methoxy groups -OCH3 is 1. The topological polar surface area (TPSA) is 64.1 Å². The molecule has 0 saturated heterocycles. The van der Waals surface area contributed by atoms with Crippen LogP contribution < -0.4 is 10.1 Å². The van der Waals surface area contributed by atoms with Crippen molar-refractivity contribution >= 4 is 46.5 Å². The number of nitrogens with zero attached hydrogens (tertiary/aromatic N) is 2. The molecule has 8 heteroatoms. The van der Waals surface area contributed by atoms with Gasteiger partial charge < -0.3 is 10.1 Å². The lowest BCUT2D eigenvalue weighted by Crippen LogP contribution is -2.22. The highest BCUT2D eigenvalue weighted by atomic mass is 32.2. The predicted molar refractivity (Wildman–Crippen MR) is 93.2 cm³/mol. The van der Waals surface area contributed by atoms with E-state index in [9.17, 15) is 4.79 Å². The summed E-state index contributed by atoms with van der Waals surface area (Å²) in [4.78, 5) is 12.2. The third-order valence-electron chi connectivity index (χ3n) is 2.66. The molecule has 2 rings (SSSR count). The summed E-state index contributed by atoms with van der Waals surface area (Å²) < 4.78 is 6.84. The molecule has 0 aliphatic carbocycles. The number of rotatable bonds is 7. The molecule has 1 amide bonds. The van der Waals surface area contributed by atoms with E-state index in [0.717, 1.165) is 25.9 Å². The summed E-state index contributed by atoms with van der Waals surface area (Å²) in [5, 5.41) is 10.8. The summed E-state index contributed by atoms with van der Waals surface area (Å²) in [6.07, 6.45) is 0. The minimum Gasteiger partial charge on any atom is -0.497 e. The number of nitrogens with one attached hydrogen (secondary N) is 1. The molecule has 118 valence electrons. The summed E-state index contributed by atoms with van der Waals surface area (Å²) in [6.45, 7) is 3.93. The van der Waals surface area contributed by atoms with E-state index in [1.807, 2.05) is 31.2 Å². The highest BCUT2D eigenvalue weighted by Gasteiger charge is 2.17. The Morgan fingerprint density at radius 2 is 2.00 bits per heavy atom. The maximum Gasteiger partial charge on any atom is 0.237 e. The number of thioether (sulfide) groups is 2. The lowest BCUT2D eigenvalue weighted by molar-refractivity contribution is -0.115. The second-order valence-corrected chi connectivity index (χ2v) is 8.32. The van der Waals surface area contributed by atoms with Gasteiger partial charge >= 0.3 is 0 Å². The van der Waals surface area contributed by atoms with Crippen molar-refractivity contribution in [1.82, 2.24) is 10.2 Å². The van der Waals surface area contributed by atoms with E-state index in [1.54, 1.807) is 18.9 Å². The van der Waals surface area contributed by atoms with E-state index in [1.165, 1.54) is 23.1 Å². The summed E-state index contributed by atoms with van der Waals surface area (Å²) in [5.74, 6) is 1.66. The van der Waals surface area contributed by atoms with Gasteiger partial charge in [-0.05, 0) is 36.9 Å². The fraction of sp³-hybridized carbons (Fsp3) is 0.357. The summed E-state index contributed by atoms with van der Waals surface area (Å²) >= 11 is 4.60. The molecule has 0 spiro atoms. The molecule has 1 aromatic heterocycles. The SMILES string of the molecule is CCSc1nnc(S[C@H](C)C(=O)Nc2ccc(OC)cc2)s1. The maximum atomic E-state index is 12.2. The van der Waals surface area contributed by atoms with E-state index < -0.39 is 0 Å². The number of carbonyl (C=O) groups is 1. The van der Waals surface area contributed by atoms with Crippen molar-refractivity contribution in [2.75, 3.05) is 18.2 Å². The van der Waals surface area contributed by atoms with Gasteiger partial charge in [-0.25, -0.2) is 0 Å². The lowest BCUT2D eigenvalue weighted by atomic mass is 10.3. The van der Waals surface area contributed by atoms with Crippen molar-refractivity contribution in [3.63, 3.8) is 0 Å². The zero-order valence-electron chi connectivity index (χ0n) is 12.5. The van der Waals surface area contributed by atoms with E-state index in [-0.39, 0.29) is 11.2 Å². The number of anilines is 1. The van der Waals surface area contributed by atoms with Crippen LogP contribution >= 0.6 is 34.9 Å². The zero-order valence-corrected chi connectivity index (χ0v) is 15.0. The molecule has 1 aromatic carbocycles. The van der Waals surface area contributed by atoms with Gasteiger partial charge in [0.25, 0.3) is 0 Å². The monoisotopic (exact) mass is 355 g/mol. The zero-order chi connectivity index (χ0) is 15.9. The Labute approximate surface area is 142 Å². The minimum absolute atomic E-state index is 0.0601. The maximum absolute atomic E-state index is 12.2. The minimum atomic E-state index is -0.241. The van der Waals surface area contributed by atoms with Gasteiger partial charge in [0.1, 0.15) is 5.75 Å². The van der Waals surface area contributed by atoms with Crippen LogP contribution in [0.5, 0.6) is 5.75 Å². The van der Waals surface area contributed by atoms with E-state index in [0.29, 0.717) is 0 Å². The second-order valence-electron chi connectivity index (χ2n) is 4.24. The number of ether oxygens (including phenoxy) is 1. The fourth-order valence-corrected chi connectivity index (χ4v) is 4.61. The van der Waals surface area contributed by atoms with Crippen LogP contribution in [-0.4, -0.2) is 34.2 Å². The third kappa shape index (κ3) is 4.89. The molecule has 1 atom stereocenters. The Morgan fingerprint density at radius 1 is 1.32 bits per heavy atom. The highest BCUT2D eigenvalue weighted by Crippen LogP contribution is 2.31. The van der Waals surface area contributed by atoms with Crippen molar-refractivity contribution in [3.05, 3.63) is 24.3 Å². The molecular weight excluding hydrogens is 338 g/mol. The van der Waals surface area contributed by atoms with Crippen LogP contribution in [0.3, 0.4) is 0 Å². The van der Waals surface area contributed by atoms with Gasteiger partial charge in [0.15, 0.2) is 8.68 Å². The summed E-state index contributed by atoms with van der Waals surface area (Å²) in [6, 6.07) is 7.25. The average molecular weight is 356 g/mol. The summed E-state index contributed by atoms with van der Waals surface area (Å²) in [5.41, 5.74) is 0.748. The van der Waals surface area contributed by atoms with Gasteiger partial charge in [0.05, 0.1) is 12.4 Å². The van der Waals surface area contributed by atoms with E-state index >= 15 is 0 Å². The summed E-state index contributed by atoms with van der Waals surface area (Å²) in [7, 11) is 1.61. The number of hydrogen-bond acceptors (Lipinski definition) is 7. The highest BCUT2D eigenvalue weighted by molar-refractivity contribution is 8.03. The number of aromatic nitrogens is 2. The first-order valence-corrected chi connectivity index (χ1v) is 9.38. The smallest absolute Gasteiger partial charge is 0.237 e. The normalized spacial score (nSPS) is 12.0. The second kappa shape index (κ2) is 8.40. The van der Waals surface area contributed by atoms with Crippen LogP contribution in [0.15, 0.2) is 32.9 Å². The molecule has 22 heavy (non-hydrogen) atoms. The molecule has 0 fully saturated rings. The number of carbonyl (C=O) groups excluding carboxylic acids is 1. The third-order valence-corrected chi connectivity index (χ3v) is 5.78. The van der Waals surface area contributed by atoms with Crippen molar-refractivity contribution in [2.24, 2.45) is 0 Å². The van der Waals surface area contributed by atoms with Crippen molar-refractivity contribution in [3.8, 4) is 5.75 Å². The van der Waals surface area contributed by atoms with Crippen LogP contribution in [0, 0.1) is 0 Å². The Kier molecular flexibility index (Phi) is 6.53. The first-order valence-electron chi connectivity index (χ1n) is 6.70. The van der Waals surface area contributed by atoms with Crippen LogP contribution in [-0.2, 0) is 4.79 Å². The van der Waals surface area contributed by atoms with Gasteiger partial charge in [-0.1, -0.05) is 41.8 Å². The predicted octanol–water partition coefficient (Wildman–Crippen LogP) is 3.78. The molecule has 1 heterocycles. The average Bonchev–Trinajstić information content (AvgIpc) is 2.95. The van der Waals surface area contributed by atoms with Crippen LogP contribution in [0.1, 0.15) is 13.8 Å². The van der Waals surface area contributed by atoms with E-state index in [4.69, 9.17) is 4.74 Å². The molecule has 0 saturated carbocycles. The number of amides is 1. The van der Waals surface area contributed by atoms with Crippen LogP contribution in [0.4, 0.5) is 5.69 Å². The molecule has 1 N–H and O–H groups in total. The molecule has 0 bridgehead atoms. The Morgan fingerprint density at radius 3 is 2.64 bits per heavy atom. The first kappa shape index (κ1) is 17.1. The largest absolute Gasteiger partial charge is 0.497 e. The van der Waals surface area contributed by atoms with Gasteiger partial charge in [0, 0.05) is 5.69 Å². The number of benzene rings is 1. The Hall–Kier alpha value is -1.25. The molecule has 5 nitrogen and oxygen atoms in total. The van der Waals surface area contributed by atoms with Crippen molar-refractivity contribution < 1.29 is 9.53 Å². The molecule has 0 aliphatic rings.